The van der Waals surface area contributed by atoms with Crippen molar-refractivity contribution < 1.29 is 9.53 Å². The van der Waals surface area contributed by atoms with Gasteiger partial charge in [0.2, 0.25) is 5.78 Å². The molecule has 5 rings (SSSR count). The number of carbonyl (C=O) groups is 1. The molecule has 1 amide bonds. The highest BCUT2D eigenvalue weighted by Gasteiger charge is 2.11. The molecule has 2 aromatic carbocycles. The van der Waals surface area contributed by atoms with Crippen LogP contribution >= 0.6 is 0 Å². The molecule has 0 aliphatic rings. The maximum Gasteiger partial charge on any atom is 0.272 e. The highest BCUT2D eigenvalue weighted by molar-refractivity contribution is 6.06. The molecule has 3 aromatic heterocycles. The molecule has 7 heteroatoms. The van der Waals surface area contributed by atoms with Gasteiger partial charge in [0.1, 0.15) is 11.4 Å². The fourth-order valence-electron chi connectivity index (χ4n) is 3.25. The topological polar surface area (TPSA) is 84.3 Å². The second-order valence-corrected chi connectivity index (χ2v) is 6.62. The zero-order chi connectivity index (χ0) is 19.8. The van der Waals surface area contributed by atoms with E-state index in [1.54, 1.807) is 13.3 Å². The van der Waals surface area contributed by atoms with Crippen molar-refractivity contribution in [3.05, 3.63) is 78.9 Å². The number of anilines is 1. The van der Waals surface area contributed by atoms with Gasteiger partial charge in [0.25, 0.3) is 5.91 Å². The number of carbonyl (C=O) groups excluding carboxylic acids is 1. The molecule has 0 saturated heterocycles. The molecule has 7 nitrogen and oxygen atoms in total. The Balaban J connectivity index is 1.35. The van der Waals surface area contributed by atoms with Gasteiger partial charge in [0.05, 0.1) is 12.8 Å². The summed E-state index contributed by atoms with van der Waals surface area (Å²) in [6.45, 7) is 0. The van der Waals surface area contributed by atoms with Crippen LogP contribution in [0.1, 0.15) is 10.5 Å². The normalized spacial score (nSPS) is 11.1. The van der Waals surface area contributed by atoms with Crippen molar-refractivity contribution in [2.24, 2.45) is 0 Å². The lowest BCUT2D eigenvalue weighted by Crippen LogP contribution is -2.12. The number of imidazole rings is 1. The lowest BCUT2D eigenvalue weighted by molar-refractivity contribution is 0.102. The van der Waals surface area contributed by atoms with Gasteiger partial charge in [0.15, 0.2) is 0 Å². The molecule has 5 aromatic rings. The summed E-state index contributed by atoms with van der Waals surface area (Å²) in [4.78, 5) is 24.5. The minimum Gasteiger partial charge on any atom is -0.497 e. The minimum atomic E-state index is -0.204. The first-order valence-electron chi connectivity index (χ1n) is 9.08. The van der Waals surface area contributed by atoms with Crippen LogP contribution in [-0.2, 0) is 0 Å². The Morgan fingerprint density at radius 1 is 1.14 bits per heavy atom. The third-order valence-electron chi connectivity index (χ3n) is 4.75. The summed E-state index contributed by atoms with van der Waals surface area (Å²) in [5.74, 6) is 1.18. The van der Waals surface area contributed by atoms with E-state index in [0.717, 1.165) is 27.9 Å². The van der Waals surface area contributed by atoms with Crippen molar-refractivity contribution in [3.8, 4) is 17.0 Å². The highest BCUT2D eigenvalue weighted by Crippen LogP contribution is 2.23. The molecule has 0 radical (unpaired) electrons. The van der Waals surface area contributed by atoms with Gasteiger partial charge in [-0.25, -0.2) is 9.97 Å². The second kappa shape index (κ2) is 6.79. The smallest absolute Gasteiger partial charge is 0.272 e. The van der Waals surface area contributed by atoms with Crippen LogP contribution in [0.2, 0.25) is 0 Å². The number of amides is 1. The van der Waals surface area contributed by atoms with Crippen molar-refractivity contribution in [2.45, 2.75) is 0 Å². The SMILES string of the molecule is COc1ccc2cc(C(=O)Nc3ccc(-c4cn5cccnc5n4)cc3)[nH]c2c1. The fraction of sp³-hybridized carbons (Fsp3) is 0.0455. The van der Waals surface area contributed by atoms with Gasteiger partial charge in [0, 0.05) is 46.8 Å². The number of fused-ring (bicyclic) bond motifs is 2. The third kappa shape index (κ3) is 3.19. The van der Waals surface area contributed by atoms with Crippen LogP contribution in [0.4, 0.5) is 5.69 Å². The summed E-state index contributed by atoms with van der Waals surface area (Å²) < 4.78 is 7.09. The lowest BCUT2D eigenvalue weighted by atomic mass is 10.1. The molecular weight excluding hydrogens is 366 g/mol. The number of rotatable bonds is 4. The van der Waals surface area contributed by atoms with Crippen molar-refractivity contribution in [1.82, 2.24) is 19.4 Å². The predicted octanol–water partition coefficient (Wildman–Crippen LogP) is 4.14. The minimum absolute atomic E-state index is 0.204. The molecule has 0 bridgehead atoms. The van der Waals surface area contributed by atoms with E-state index in [0.29, 0.717) is 17.2 Å². The number of methoxy groups -OCH3 is 1. The summed E-state index contributed by atoms with van der Waals surface area (Å²) >= 11 is 0. The molecular formula is C22H17N5O2. The van der Waals surface area contributed by atoms with Crippen LogP contribution in [0.5, 0.6) is 5.75 Å². The monoisotopic (exact) mass is 383 g/mol. The molecule has 2 N–H and O–H groups in total. The zero-order valence-corrected chi connectivity index (χ0v) is 15.6. The molecule has 142 valence electrons. The predicted molar refractivity (Wildman–Crippen MR) is 111 cm³/mol. The van der Waals surface area contributed by atoms with E-state index in [4.69, 9.17) is 4.74 Å². The second-order valence-electron chi connectivity index (χ2n) is 6.62. The number of hydrogen-bond acceptors (Lipinski definition) is 4. The maximum atomic E-state index is 12.6. The first-order chi connectivity index (χ1) is 14.2. The van der Waals surface area contributed by atoms with Gasteiger partial charge in [-0.2, -0.15) is 0 Å². The van der Waals surface area contributed by atoms with Gasteiger partial charge in [-0.3, -0.25) is 9.20 Å². The van der Waals surface area contributed by atoms with Gasteiger partial charge < -0.3 is 15.0 Å². The molecule has 0 saturated carbocycles. The number of aromatic amines is 1. The lowest BCUT2D eigenvalue weighted by Gasteiger charge is -2.04. The van der Waals surface area contributed by atoms with Crippen LogP contribution in [0.25, 0.3) is 27.9 Å². The first kappa shape index (κ1) is 17.0. The molecule has 0 aliphatic carbocycles. The van der Waals surface area contributed by atoms with E-state index in [2.05, 4.69) is 20.3 Å². The van der Waals surface area contributed by atoms with Crippen molar-refractivity contribution in [3.63, 3.8) is 0 Å². The largest absolute Gasteiger partial charge is 0.497 e. The fourth-order valence-corrected chi connectivity index (χ4v) is 3.25. The van der Waals surface area contributed by atoms with E-state index < -0.39 is 0 Å². The summed E-state index contributed by atoms with van der Waals surface area (Å²) in [5, 5.41) is 3.86. The average Bonchev–Trinajstić information content (AvgIpc) is 3.38. The van der Waals surface area contributed by atoms with Gasteiger partial charge >= 0.3 is 0 Å². The van der Waals surface area contributed by atoms with Crippen LogP contribution in [0.3, 0.4) is 0 Å². The van der Waals surface area contributed by atoms with E-state index >= 15 is 0 Å². The number of ether oxygens (including phenoxy) is 1. The van der Waals surface area contributed by atoms with E-state index in [1.165, 1.54) is 0 Å². The molecule has 0 atom stereocenters. The van der Waals surface area contributed by atoms with Crippen molar-refractivity contribution >= 4 is 28.3 Å². The van der Waals surface area contributed by atoms with Crippen LogP contribution < -0.4 is 10.1 Å². The van der Waals surface area contributed by atoms with E-state index in [9.17, 15) is 4.79 Å². The Kier molecular flexibility index (Phi) is 3.98. The Morgan fingerprint density at radius 3 is 2.79 bits per heavy atom. The molecule has 0 unspecified atom stereocenters. The van der Waals surface area contributed by atoms with E-state index in [-0.39, 0.29) is 5.91 Å². The number of H-pyrrole nitrogens is 1. The molecule has 0 spiro atoms. The molecule has 29 heavy (non-hydrogen) atoms. The Hall–Kier alpha value is -4.13. The Labute approximate surface area is 166 Å². The number of aromatic nitrogens is 4. The maximum absolute atomic E-state index is 12.6. The van der Waals surface area contributed by atoms with Crippen LogP contribution in [-0.4, -0.2) is 32.4 Å². The summed E-state index contributed by atoms with van der Waals surface area (Å²) in [6.07, 6.45) is 5.54. The number of benzene rings is 2. The summed E-state index contributed by atoms with van der Waals surface area (Å²) in [7, 11) is 1.62. The molecule has 0 aliphatic heterocycles. The summed E-state index contributed by atoms with van der Waals surface area (Å²) in [5.41, 5.74) is 3.82. The van der Waals surface area contributed by atoms with E-state index in [1.807, 2.05) is 71.4 Å². The molecule has 3 heterocycles. The Morgan fingerprint density at radius 2 is 2.00 bits per heavy atom. The van der Waals surface area contributed by atoms with Crippen LogP contribution in [0.15, 0.2) is 73.2 Å². The van der Waals surface area contributed by atoms with Gasteiger partial charge in [-0.05, 0) is 36.4 Å². The number of hydrogen-bond donors (Lipinski definition) is 2. The van der Waals surface area contributed by atoms with Crippen molar-refractivity contribution in [2.75, 3.05) is 12.4 Å². The molecule has 0 fully saturated rings. The first-order valence-corrected chi connectivity index (χ1v) is 9.08. The zero-order valence-electron chi connectivity index (χ0n) is 15.6. The Bertz CT molecular complexity index is 1300. The average molecular weight is 383 g/mol. The van der Waals surface area contributed by atoms with Gasteiger partial charge in [-0.15, -0.1) is 0 Å². The quantitative estimate of drug-likeness (QED) is 0.489. The number of nitrogens with one attached hydrogen (secondary N) is 2. The number of nitrogens with zero attached hydrogens (tertiary/aromatic N) is 3. The summed E-state index contributed by atoms with van der Waals surface area (Å²) in [6, 6.07) is 16.9. The third-order valence-corrected chi connectivity index (χ3v) is 4.75. The standard InChI is InChI=1S/C22H17N5O2/c1-29-17-8-5-15-11-19(25-18(15)12-17)21(28)24-16-6-3-14(4-7-16)20-13-27-10-2-9-23-22(27)26-20/h2-13,25H,1H3,(H,24,28). The van der Waals surface area contributed by atoms with Gasteiger partial charge in [-0.1, -0.05) is 12.1 Å². The van der Waals surface area contributed by atoms with Crippen LogP contribution in [0, 0.1) is 0 Å². The highest BCUT2D eigenvalue weighted by atomic mass is 16.5. The van der Waals surface area contributed by atoms with Crippen molar-refractivity contribution in [1.29, 1.82) is 0 Å².